The molecule has 0 aliphatic carbocycles. The maximum atomic E-state index is 13.4. The minimum atomic E-state index is -1.00. The fourth-order valence-electron chi connectivity index (χ4n) is 4.33. The lowest BCUT2D eigenvalue weighted by Gasteiger charge is -2.26. The molecule has 1 N–H and O–H groups in total. The minimum absolute atomic E-state index is 0.0459. The topological polar surface area (TPSA) is 112 Å². The van der Waals surface area contributed by atoms with E-state index in [2.05, 4.69) is 0 Å². The van der Waals surface area contributed by atoms with Gasteiger partial charge in [0.1, 0.15) is 11.5 Å². The van der Waals surface area contributed by atoms with Crippen molar-refractivity contribution in [1.82, 2.24) is 0 Å². The van der Waals surface area contributed by atoms with Gasteiger partial charge in [-0.3, -0.25) is 14.5 Å². The Morgan fingerprint density at radius 1 is 0.944 bits per heavy atom. The number of aliphatic hydroxyl groups excluding tert-OH is 1. The highest BCUT2D eigenvalue weighted by Crippen LogP contribution is 2.44. The van der Waals surface area contributed by atoms with Crippen molar-refractivity contribution in [3.63, 3.8) is 0 Å². The lowest BCUT2D eigenvalue weighted by molar-refractivity contribution is -0.132. The zero-order valence-corrected chi connectivity index (χ0v) is 19.4. The van der Waals surface area contributed by atoms with E-state index >= 15 is 0 Å². The highest BCUT2D eigenvalue weighted by molar-refractivity contribution is 6.51. The molecule has 1 fully saturated rings. The average Bonchev–Trinajstić information content (AvgIpc) is 3.49. The maximum absolute atomic E-state index is 13.4. The molecule has 1 saturated heterocycles. The molecule has 0 saturated carbocycles. The molecule has 2 aliphatic rings. The quantitative estimate of drug-likeness (QED) is 0.250. The molecule has 36 heavy (non-hydrogen) atoms. The first-order valence-corrected chi connectivity index (χ1v) is 11.0. The monoisotopic (exact) mass is 487 g/mol. The van der Waals surface area contributed by atoms with Crippen LogP contribution in [0.15, 0.2) is 72.3 Å². The van der Waals surface area contributed by atoms with Crippen molar-refractivity contribution < 1.29 is 38.4 Å². The number of methoxy groups -OCH3 is 2. The van der Waals surface area contributed by atoms with E-state index in [9.17, 15) is 19.5 Å². The summed E-state index contributed by atoms with van der Waals surface area (Å²) in [6.45, 7) is 0.0459. The minimum Gasteiger partial charge on any atom is -0.507 e. The van der Waals surface area contributed by atoms with Crippen LogP contribution in [0.2, 0.25) is 0 Å². The smallest absolute Gasteiger partial charge is 0.337 e. The number of ketones is 1. The first kappa shape index (κ1) is 23.0. The van der Waals surface area contributed by atoms with E-state index < -0.39 is 23.7 Å². The van der Waals surface area contributed by atoms with Crippen molar-refractivity contribution in [1.29, 1.82) is 0 Å². The number of fused-ring (bicyclic) bond motifs is 1. The summed E-state index contributed by atoms with van der Waals surface area (Å²) in [5.41, 5.74) is 1.19. The highest BCUT2D eigenvalue weighted by atomic mass is 16.7. The highest BCUT2D eigenvalue weighted by Gasteiger charge is 2.47. The van der Waals surface area contributed by atoms with Crippen LogP contribution >= 0.6 is 0 Å². The number of benzene rings is 3. The van der Waals surface area contributed by atoms with Gasteiger partial charge in [-0.05, 0) is 54.1 Å². The molecule has 0 radical (unpaired) electrons. The molecule has 1 amide bonds. The number of anilines is 1. The van der Waals surface area contributed by atoms with Gasteiger partial charge in [-0.25, -0.2) is 4.79 Å². The average molecular weight is 487 g/mol. The molecule has 0 aromatic heterocycles. The second kappa shape index (κ2) is 9.10. The number of amides is 1. The van der Waals surface area contributed by atoms with Gasteiger partial charge in [-0.2, -0.15) is 0 Å². The van der Waals surface area contributed by atoms with Crippen molar-refractivity contribution in [2.75, 3.05) is 25.9 Å². The summed E-state index contributed by atoms with van der Waals surface area (Å²) in [4.78, 5) is 40.1. The number of nitrogens with zero attached hydrogens (tertiary/aromatic N) is 1. The van der Waals surface area contributed by atoms with Crippen molar-refractivity contribution in [3.05, 3.63) is 89.0 Å². The third-order valence-corrected chi connectivity index (χ3v) is 6.05. The van der Waals surface area contributed by atoms with E-state index in [1.807, 2.05) is 0 Å². The Bertz CT molecular complexity index is 1430. The molecule has 2 aliphatic heterocycles. The van der Waals surface area contributed by atoms with Crippen LogP contribution in [0.3, 0.4) is 0 Å². The van der Waals surface area contributed by atoms with Gasteiger partial charge in [0.05, 0.1) is 31.4 Å². The SMILES string of the molecule is COC(=O)c1cccc(N2C(=O)C(=O)/C(=C(\O)c3ccc4c(c3)OCO4)C2c2cccc(OC)c2)c1. The number of carbonyl (C=O) groups is 3. The molecule has 1 unspecified atom stereocenters. The first-order chi connectivity index (χ1) is 17.4. The van der Waals surface area contributed by atoms with Crippen molar-refractivity contribution >= 4 is 29.1 Å². The third-order valence-electron chi connectivity index (χ3n) is 6.05. The fourth-order valence-corrected chi connectivity index (χ4v) is 4.33. The van der Waals surface area contributed by atoms with Gasteiger partial charge >= 0.3 is 5.97 Å². The van der Waals surface area contributed by atoms with Crippen molar-refractivity contribution in [3.8, 4) is 17.2 Å². The van der Waals surface area contributed by atoms with Crippen molar-refractivity contribution in [2.45, 2.75) is 6.04 Å². The van der Waals surface area contributed by atoms with Crippen LogP contribution in [-0.4, -0.2) is 43.8 Å². The van der Waals surface area contributed by atoms with E-state index in [0.29, 0.717) is 22.8 Å². The molecule has 0 bridgehead atoms. The summed E-state index contributed by atoms with van der Waals surface area (Å²) >= 11 is 0. The molecule has 5 rings (SSSR count). The first-order valence-electron chi connectivity index (χ1n) is 11.0. The van der Waals surface area contributed by atoms with Gasteiger partial charge in [0.15, 0.2) is 11.5 Å². The molecule has 9 nitrogen and oxygen atoms in total. The van der Waals surface area contributed by atoms with Crippen LogP contribution in [0.5, 0.6) is 17.2 Å². The van der Waals surface area contributed by atoms with E-state index in [0.717, 1.165) is 0 Å². The number of Topliss-reactive ketones (excluding diaryl/α,β-unsaturated/α-hetero) is 1. The van der Waals surface area contributed by atoms with Crippen molar-refractivity contribution in [2.24, 2.45) is 0 Å². The van der Waals surface area contributed by atoms with Gasteiger partial charge in [0.25, 0.3) is 11.7 Å². The van der Waals surface area contributed by atoms with Gasteiger partial charge in [0.2, 0.25) is 6.79 Å². The summed E-state index contributed by atoms with van der Waals surface area (Å²) in [6, 6.07) is 16.8. The number of rotatable bonds is 5. The molecular weight excluding hydrogens is 466 g/mol. The maximum Gasteiger partial charge on any atom is 0.337 e. The number of carbonyl (C=O) groups excluding carboxylic acids is 3. The molecule has 3 aromatic carbocycles. The zero-order chi connectivity index (χ0) is 25.4. The Kier molecular flexibility index (Phi) is 5.81. The van der Waals surface area contributed by atoms with Crippen LogP contribution in [-0.2, 0) is 14.3 Å². The third kappa shape index (κ3) is 3.80. The van der Waals surface area contributed by atoms with Crippen LogP contribution in [0.4, 0.5) is 5.69 Å². The van der Waals surface area contributed by atoms with Gasteiger partial charge in [0, 0.05) is 11.3 Å². The fraction of sp³-hybridized carbons (Fsp3) is 0.148. The van der Waals surface area contributed by atoms with Gasteiger partial charge in [-0.1, -0.05) is 18.2 Å². The lowest BCUT2D eigenvalue weighted by atomic mass is 9.94. The van der Waals surface area contributed by atoms with Crippen LogP contribution in [0.1, 0.15) is 27.5 Å². The predicted molar refractivity (Wildman–Crippen MR) is 128 cm³/mol. The van der Waals surface area contributed by atoms with Gasteiger partial charge in [-0.15, -0.1) is 0 Å². The summed E-state index contributed by atoms with van der Waals surface area (Å²) < 4.78 is 20.9. The number of esters is 1. The molecule has 9 heteroatoms. The number of hydrogen-bond donors (Lipinski definition) is 1. The Morgan fingerprint density at radius 2 is 1.72 bits per heavy atom. The Balaban J connectivity index is 1.70. The number of aliphatic hydroxyl groups is 1. The molecule has 3 aromatic rings. The second-order valence-electron chi connectivity index (χ2n) is 8.06. The molecule has 182 valence electrons. The lowest BCUT2D eigenvalue weighted by Crippen LogP contribution is -2.29. The zero-order valence-electron chi connectivity index (χ0n) is 19.4. The largest absolute Gasteiger partial charge is 0.507 e. The molecule has 1 atom stereocenters. The van der Waals surface area contributed by atoms with Crippen LogP contribution in [0, 0.1) is 0 Å². The molecular formula is C27H21NO8. The normalized spacial score (nSPS) is 17.8. The Labute approximate surface area is 206 Å². The number of ether oxygens (including phenoxy) is 4. The predicted octanol–water partition coefficient (Wildman–Crippen LogP) is 3.84. The van der Waals surface area contributed by atoms with Crippen LogP contribution < -0.4 is 19.1 Å². The second-order valence-corrected chi connectivity index (χ2v) is 8.06. The van der Waals surface area contributed by atoms with E-state index in [4.69, 9.17) is 18.9 Å². The Hall–Kier alpha value is -4.79. The summed E-state index contributed by atoms with van der Waals surface area (Å²) in [5.74, 6) is -1.26. The van der Waals surface area contributed by atoms with Gasteiger partial charge < -0.3 is 24.1 Å². The Morgan fingerprint density at radius 3 is 2.50 bits per heavy atom. The van der Waals surface area contributed by atoms with E-state index in [1.54, 1.807) is 60.7 Å². The standard InChI is InChI=1S/C27H21NO8/c1-33-19-8-4-5-15(12-19)23-22(24(29)16-9-10-20-21(13-16)36-14-35-20)25(30)26(31)28(23)18-7-3-6-17(11-18)27(32)34-2/h3-13,23,29H,14H2,1-2H3/b24-22-. The number of hydrogen-bond acceptors (Lipinski definition) is 8. The van der Waals surface area contributed by atoms with E-state index in [-0.39, 0.29) is 34.9 Å². The van der Waals surface area contributed by atoms with Crippen LogP contribution in [0.25, 0.3) is 5.76 Å². The molecule has 2 heterocycles. The summed E-state index contributed by atoms with van der Waals surface area (Å²) in [5, 5.41) is 11.3. The summed E-state index contributed by atoms with van der Waals surface area (Å²) in [6.07, 6.45) is 0. The summed E-state index contributed by atoms with van der Waals surface area (Å²) in [7, 11) is 2.76. The molecule has 0 spiro atoms. The van der Waals surface area contributed by atoms with E-state index in [1.165, 1.54) is 25.2 Å².